The maximum Gasteiger partial charge on any atom is 0.134 e. The maximum absolute atomic E-state index is 8.65. The van der Waals surface area contributed by atoms with Crippen molar-refractivity contribution in [2.45, 2.75) is 26.2 Å². The Balaban J connectivity index is 2.57. The van der Waals surface area contributed by atoms with E-state index in [1.54, 1.807) is 0 Å². The molecule has 2 nitrogen and oxygen atoms in total. The quantitative estimate of drug-likeness (QED) is 0.608. The summed E-state index contributed by atoms with van der Waals surface area (Å²) in [6, 6.07) is 7.66. The molecule has 0 heterocycles. The smallest absolute Gasteiger partial charge is 0.134 e. The van der Waals surface area contributed by atoms with Crippen molar-refractivity contribution in [2.24, 2.45) is 0 Å². The second-order valence-electron chi connectivity index (χ2n) is 3.51. The van der Waals surface area contributed by atoms with Crippen LogP contribution in [0.5, 0.6) is 5.75 Å². The Kier molecular flexibility index (Phi) is 6.13. The highest BCUT2D eigenvalue weighted by Gasteiger charge is 1.99. The van der Waals surface area contributed by atoms with Crippen molar-refractivity contribution >= 4 is 0 Å². The highest BCUT2D eigenvalue weighted by Crippen LogP contribution is 2.17. The zero-order valence-corrected chi connectivity index (χ0v) is 9.70. The lowest BCUT2D eigenvalue weighted by molar-refractivity contribution is 0.305. The molecular formula is C14H18O2. The van der Waals surface area contributed by atoms with E-state index in [0.29, 0.717) is 0 Å². The molecule has 0 amide bonds. The Morgan fingerprint density at radius 2 is 2.06 bits per heavy atom. The van der Waals surface area contributed by atoms with Crippen molar-refractivity contribution in [3.05, 3.63) is 29.8 Å². The Labute approximate surface area is 97.3 Å². The standard InChI is InChI=1S/C14H18O2/c1-2-3-6-12-16-14-10-5-4-8-13(14)9-7-11-15/h4-5,8,10,15H,2-3,6,11-12H2,1H3. The lowest BCUT2D eigenvalue weighted by atomic mass is 10.2. The first-order valence-corrected chi connectivity index (χ1v) is 5.70. The van der Waals surface area contributed by atoms with Gasteiger partial charge in [-0.15, -0.1) is 0 Å². The van der Waals surface area contributed by atoms with Crippen LogP contribution in [0.2, 0.25) is 0 Å². The van der Waals surface area contributed by atoms with Crippen LogP contribution in [0.1, 0.15) is 31.7 Å². The number of unbranched alkanes of at least 4 members (excludes halogenated alkanes) is 2. The molecule has 0 atom stereocenters. The first-order valence-electron chi connectivity index (χ1n) is 5.70. The molecule has 1 aromatic carbocycles. The molecule has 0 bridgehead atoms. The van der Waals surface area contributed by atoms with Crippen molar-refractivity contribution in [1.29, 1.82) is 0 Å². The second-order valence-corrected chi connectivity index (χ2v) is 3.51. The Hall–Kier alpha value is -1.46. The summed E-state index contributed by atoms with van der Waals surface area (Å²) in [5.74, 6) is 6.32. The summed E-state index contributed by atoms with van der Waals surface area (Å²) >= 11 is 0. The highest BCUT2D eigenvalue weighted by molar-refractivity contribution is 5.45. The van der Waals surface area contributed by atoms with Gasteiger partial charge in [0.05, 0.1) is 12.2 Å². The van der Waals surface area contributed by atoms with Crippen LogP contribution in [0.15, 0.2) is 24.3 Å². The summed E-state index contributed by atoms with van der Waals surface area (Å²) < 4.78 is 5.65. The van der Waals surface area contributed by atoms with Gasteiger partial charge in [-0.2, -0.15) is 0 Å². The summed E-state index contributed by atoms with van der Waals surface area (Å²) in [7, 11) is 0. The number of hydrogen-bond donors (Lipinski definition) is 1. The third-order valence-electron chi connectivity index (χ3n) is 2.19. The Bertz CT molecular complexity index is 360. The number of aliphatic hydroxyl groups is 1. The Morgan fingerprint density at radius 1 is 1.25 bits per heavy atom. The molecule has 16 heavy (non-hydrogen) atoms. The summed E-state index contributed by atoms with van der Waals surface area (Å²) in [6.07, 6.45) is 3.44. The number of ether oxygens (including phenoxy) is 1. The van der Waals surface area contributed by atoms with E-state index in [1.165, 1.54) is 12.8 Å². The largest absolute Gasteiger partial charge is 0.492 e. The Morgan fingerprint density at radius 3 is 2.81 bits per heavy atom. The number of hydrogen-bond acceptors (Lipinski definition) is 2. The molecule has 2 heteroatoms. The maximum atomic E-state index is 8.65. The lowest BCUT2D eigenvalue weighted by Gasteiger charge is -2.07. The third kappa shape index (κ3) is 4.37. The number of para-hydroxylation sites is 1. The van der Waals surface area contributed by atoms with Gasteiger partial charge in [0.15, 0.2) is 0 Å². The lowest BCUT2D eigenvalue weighted by Crippen LogP contribution is -1.98. The van der Waals surface area contributed by atoms with Crippen molar-refractivity contribution in [3.63, 3.8) is 0 Å². The van der Waals surface area contributed by atoms with Gasteiger partial charge in [0.1, 0.15) is 12.4 Å². The fourth-order valence-electron chi connectivity index (χ4n) is 1.36. The fraction of sp³-hybridized carbons (Fsp3) is 0.429. The SMILES string of the molecule is CCCCCOc1ccccc1C#CCO. The van der Waals surface area contributed by atoms with Gasteiger partial charge in [0, 0.05) is 0 Å². The molecule has 0 spiro atoms. The van der Waals surface area contributed by atoms with Gasteiger partial charge >= 0.3 is 0 Å². The van der Waals surface area contributed by atoms with E-state index in [-0.39, 0.29) is 6.61 Å². The first kappa shape index (κ1) is 12.6. The van der Waals surface area contributed by atoms with E-state index >= 15 is 0 Å². The van der Waals surface area contributed by atoms with Crippen molar-refractivity contribution < 1.29 is 9.84 Å². The van der Waals surface area contributed by atoms with Crippen LogP contribution in [0.3, 0.4) is 0 Å². The van der Waals surface area contributed by atoms with Crippen molar-refractivity contribution in [3.8, 4) is 17.6 Å². The molecule has 0 saturated carbocycles. The molecule has 1 aromatic rings. The predicted molar refractivity (Wildman–Crippen MR) is 65.4 cm³/mol. The van der Waals surface area contributed by atoms with Crippen LogP contribution >= 0.6 is 0 Å². The van der Waals surface area contributed by atoms with Gasteiger partial charge in [0.25, 0.3) is 0 Å². The number of rotatable bonds is 5. The van der Waals surface area contributed by atoms with Crippen molar-refractivity contribution in [1.82, 2.24) is 0 Å². The minimum absolute atomic E-state index is 0.121. The monoisotopic (exact) mass is 218 g/mol. The summed E-state index contributed by atoms with van der Waals surface area (Å²) in [4.78, 5) is 0. The van der Waals surface area contributed by atoms with E-state index in [0.717, 1.165) is 24.3 Å². The minimum Gasteiger partial charge on any atom is -0.492 e. The van der Waals surface area contributed by atoms with E-state index in [1.807, 2.05) is 24.3 Å². The van der Waals surface area contributed by atoms with Crippen LogP contribution in [0.25, 0.3) is 0 Å². The summed E-state index contributed by atoms with van der Waals surface area (Å²) in [6.45, 7) is 2.77. The fourth-order valence-corrected chi connectivity index (χ4v) is 1.36. The zero-order valence-electron chi connectivity index (χ0n) is 9.70. The predicted octanol–water partition coefficient (Wildman–Crippen LogP) is 2.60. The van der Waals surface area contributed by atoms with E-state index < -0.39 is 0 Å². The number of aliphatic hydroxyl groups excluding tert-OH is 1. The van der Waals surface area contributed by atoms with E-state index in [2.05, 4.69) is 18.8 Å². The molecule has 0 aromatic heterocycles. The van der Waals surface area contributed by atoms with Gasteiger partial charge in [-0.1, -0.05) is 43.7 Å². The van der Waals surface area contributed by atoms with Crippen LogP contribution in [0, 0.1) is 11.8 Å². The molecule has 0 aliphatic heterocycles. The van der Waals surface area contributed by atoms with Gasteiger partial charge < -0.3 is 9.84 Å². The molecule has 0 radical (unpaired) electrons. The molecule has 0 unspecified atom stereocenters. The van der Waals surface area contributed by atoms with Crippen LogP contribution in [-0.4, -0.2) is 18.3 Å². The van der Waals surface area contributed by atoms with E-state index in [9.17, 15) is 0 Å². The minimum atomic E-state index is -0.121. The van der Waals surface area contributed by atoms with Crippen LogP contribution < -0.4 is 4.74 Å². The molecule has 0 aliphatic rings. The molecular weight excluding hydrogens is 200 g/mol. The van der Waals surface area contributed by atoms with Crippen LogP contribution in [-0.2, 0) is 0 Å². The average molecular weight is 218 g/mol. The molecule has 0 fully saturated rings. The van der Waals surface area contributed by atoms with Gasteiger partial charge in [-0.25, -0.2) is 0 Å². The van der Waals surface area contributed by atoms with E-state index in [4.69, 9.17) is 9.84 Å². The summed E-state index contributed by atoms with van der Waals surface area (Å²) in [5.41, 5.74) is 0.841. The first-order chi connectivity index (χ1) is 7.88. The molecule has 86 valence electrons. The number of benzene rings is 1. The summed E-state index contributed by atoms with van der Waals surface area (Å²) in [5, 5.41) is 8.65. The topological polar surface area (TPSA) is 29.5 Å². The third-order valence-corrected chi connectivity index (χ3v) is 2.19. The molecule has 1 N–H and O–H groups in total. The molecule has 1 rings (SSSR count). The average Bonchev–Trinajstić information content (AvgIpc) is 2.33. The van der Waals surface area contributed by atoms with Gasteiger partial charge in [-0.05, 0) is 18.6 Å². The normalized spacial score (nSPS) is 9.38. The van der Waals surface area contributed by atoms with Gasteiger partial charge in [-0.3, -0.25) is 0 Å². The molecule has 0 saturated heterocycles. The van der Waals surface area contributed by atoms with Crippen molar-refractivity contribution in [2.75, 3.05) is 13.2 Å². The second kappa shape index (κ2) is 7.78. The zero-order chi connectivity index (χ0) is 11.6. The highest BCUT2D eigenvalue weighted by atomic mass is 16.5. The molecule has 0 aliphatic carbocycles. The van der Waals surface area contributed by atoms with Gasteiger partial charge in [0.2, 0.25) is 0 Å². The van der Waals surface area contributed by atoms with Crippen LogP contribution in [0.4, 0.5) is 0 Å².